The number of aryl methyl sites for hydroxylation is 2. The number of H-pyrrole nitrogens is 1. The standard InChI is InChI=1S/C21H24N4O/c1-3-25(13-16-12-11-15-7-4-5-9-18(15)24-16)21(26)17-8-6-10-19-20(17)23-14(2)22-19/h4-5,7,9,11-12,17H,3,6,8,10,13H2,1-2H3,(H,22,23). The van der Waals surface area contributed by atoms with Crippen molar-refractivity contribution in [2.24, 2.45) is 0 Å². The van der Waals surface area contributed by atoms with Crippen LogP contribution in [0.1, 0.15) is 48.6 Å². The number of fused-ring (bicyclic) bond motifs is 2. The molecule has 0 aliphatic heterocycles. The number of carbonyl (C=O) groups excluding carboxylic acids is 1. The molecule has 2 heterocycles. The van der Waals surface area contributed by atoms with Crippen LogP contribution in [0.3, 0.4) is 0 Å². The van der Waals surface area contributed by atoms with Crippen molar-refractivity contribution in [2.45, 2.75) is 45.6 Å². The van der Waals surface area contributed by atoms with E-state index in [4.69, 9.17) is 4.98 Å². The van der Waals surface area contributed by atoms with E-state index in [0.717, 1.165) is 53.1 Å². The SMILES string of the molecule is CCN(Cc1ccc2ccccc2n1)C(=O)C1CCCc2[nH]c(C)nc21. The maximum absolute atomic E-state index is 13.2. The second kappa shape index (κ2) is 6.90. The monoisotopic (exact) mass is 348 g/mol. The molecule has 1 aromatic carbocycles. The predicted molar refractivity (Wildman–Crippen MR) is 102 cm³/mol. The summed E-state index contributed by atoms with van der Waals surface area (Å²) in [4.78, 5) is 27.8. The number of pyridine rings is 1. The molecule has 5 heteroatoms. The lowest BCUT2D eigenvalue weighted by Crippen LogP contribution is -2.36. The van der Waals surface area contributed by atoms with Gasteiger partial charge in [-0.15, -0.1) is 0 Å². The van der Waals surface area contributed by atoms with Crippen molar-refractivity contribution in [3.8, 4) is 0 Å². The largest absolute Gasteiger partial charge is 0.346 e. The zero-order chi connectivity index (χ0) is 18.1. The van der Waals surface area contributed by atoms with Crippen molar-refractivity contribution in [3.05, 3.63) is 59.3 Å². The number of para-hydroxylation sites is 1. The summed E-state index contributed by atoms with van der Waals surface area (Å²) in [5, 5.41) is 1.12. The van der Waals surface area contributed by atoms with Crippen LogP contribution in [-0.2, 0) is 17.8 Å². The fourth-order valence-electron chi connectivity index (χ4n) is 3.86. The Kier molecular flexibility index (Phi) is 4.45. The van der Waals surface area contributed by atoms with E-state index >= 15 is 0 Å². The van der Waals surface area contributed by atoms with Crippen LogP contribution < -0.4 is 0 Å². The number of aromatic nitrogens is 3. The van der Waals surface area contributed by atoms with E-state index < -0.39 is 0 Å². The number of aromatic amines is 1. The van der Waals surface area contributed by atoms with Crippen LogP contribution in [-0.4, -0.2) is 32.3 Å². The topological polar surface area (TPSA) is 61.9 Å². The lowest BCUT2D eigenvalue weighted by molar-refractivity contribution is -0.133. The molecule has 1 amide bonds. The molecule has 0 radical (unpaired) electrons. The van der Waals surface area contributed by atoms with Crippen molar-refractivity contribution in [1.82, 2.24) is 19.9 Å². The van der Waals surface area contributed by atoms with Crippen LogP contribution in [0, 0.1) is 6.92 Å². The Bertz CT molecular complexity index is 946. The average Bonchev–Trinajstić information content (AvgIpc) is 3.05. The van der Waals surface area contributed by atoms with E-state index in [1.807, 2.05) is 43.0 Å². The number of rotatable bonds is 4. The Labute approximate surface area is 153 Å². The van der Waals surface area contributed by atoms with Crippen LogP contribution in [0.5, 0.6) is 0 Å². The summed E-state index contributed by atoms with van der Waals surface area (Å²) in [6.07, 6.45) is 2.88. The van der Waals surface area contributed by atoms with Crippen molar-refractivity contribution in [2.75, 3.05) is 6.54 Å². The number of imidazole rings is 1. The van der Waals surface area contributed by atoms with Gasteiger partial charge in [0.05, 0.1) is 29.4 Å². The molecule has 1 N–H and O–H groups in total. The van der Waals surface area contributed by atoms with E-state index in [0.29, 0.717) is 13.1 Å². The number of nitrogens with one attached hydrogen (secondary N) is 1. The van der Waals surface area contributed by atoms with E-state index in [9.17, 15) is 4.79 Å². The summed E-state index contributed by atoms with van der Waals surface area (Å²) in [5.41, 5.74) is 3.97. The quantitative estimate of drug-likeness (QED) is 0.781. The molecule has 26 heavy (non-hydrogen) atoms. The van der Waals surface area contributed by atoms with Gasteiger partial charge in [-0.25, -0.2) is 4.98 Å². The van der Waals surface area contributed by atoms with Gasteiger partial charge < -0.3 is 9.88 Å². The van der Waals surface area contributed by atoms with Crippen LogP contribution in [0.25, 0.3) is 10.9 Å². The highest BCUT2D eigenvalue weighted by molar-refractivity contribution is 5.84. The summed E-state index contributed by atoms with van der Waals surface area (Å²) in [5.74, 6) is 0.924. The molecule has 0 bridgehead atoms. The average molecular weight is 348 g/mol. The molecular weight excluding hydrogens is 324 g/mol. The van der Waals surface area contributed by atoms with Gasteiger partial charge in [-0.1, -0.05) is 24.3 Å². The Morgan fingerprint density at radius 1 is 1.23 bits per heavy atom. The highest BCUT2D eigenvalue weighted by Gasteiger charge is 2.32. The van der Waals surface area contributed by atoms with Crippen LogP contribution in [0.4, 0.5) is 0 Å². The Balaban J connectivity index is 1.57. The first-order valence-corrected chi connectivity index (χ1v) is 9.34. The molecule has 1 aliphatic rings. The molecule has 0 saturated heterocycles. The third-order valence-corrected chi connectivity index (χ3v) is 5.18. The van der Waals surface area contributed by atoms with Crippen LogP contribution in [0.15, 0.2) is 36.4 Å². The minimum atomic E-state index is -0.135. The van der Waals surface area contributed by atoms with Gasteiger partial charge in [0.15, 0.2) is 0 Å². The zero-order valence-electron chi connectivity index (χ0n) is 15.3. The van der Waals surface area contributed by atoms with Crippen molar-refractivity contribution < 1.29 is 4.79 Å². The number of amides is 1. The minimum Gasteiger partial charge on any atom is -0.346 e. The van der Waals surface area contributed by atoms with Gasteiger partial charge in [0, 0.05) is 17.6 Å². The van der Waals surface area contributed by atoms with Crippen molar-refractivity contribution >= 4 is 16.8 Å². The second-order valence-corrected chi connectivity index (χ2v) is 6.98. The van der Waals surface area contributed by atoms with Gasteiger partial charge in [0.25, 0.3) is 0 Å². The molecule has 0 fully saturated rings. The number of benzene rings is 1. The molecule has 4 rings (SSSR count). The first kappa shape index (κ1) is 16.8. The lowest BCUT2D eigenvalue weighted by Gasteiger charge is -2.28. The maximum atomic E-state index is 13.2. The number of likely N-dealkylation sites (N-methyl/N-ethyl adjacent to an activating group) is 1. The van der Waals surface area contributed by atoms with E-state index in [2.05, 4.69) is 22.1 Å². The smallest absolute Gasteiger partial charge is 0.232 e. The number of hydrogen-bond donors (Lipinski definition) is 1. The zero-order valence-corrected chi connectivity index (χ0v) is 15.3. The lowest BCUT2D eigenvalue weighted by atomic mass is 9.88. The molecule has 2 aromatic heterocycles. The molecule has 3 aromatic rings. The summed E-state index contributed by atoms with van der Waals surface area (Å²) >= 11 is 0. The van der Waals surface area contributed by atoms with Crippen molar-refractivity contribution in [3.63, 3.8) is 0 Å². The number of carbonyl (C=O) groups is 1. The summed E-state index contributed by atoms with van der Waals surface area (Å²) in [7, 11) is 0. The molecule has 1 unspecified atom stereocenters. The molecule has 5 nitrogen and oxygen atoms in total. The van der Waals surface area contributed by atoms with Gasteiger partial charge in [-0.05, 0) is 45.2 Å². The van der Waals surface area contributed by atoms with E-state index in [1.165, 1.54) is 0 Å². The molecule has 0 saturated carbocycles. The highest BCUT2D eigenvalue weighted by Crippen LogP contribution is 2.32. The molecule has 0 spiro atoms. The maximum Gasteiger partial charge on any atom is 0.232 e. The highest BCUT2D eigenvalue weighted by atomic mass is 16.2. The second-order valence-electron chi connectivity index (χ2n) is 6.98. The van der Waals surface area contributed by atoms with E-state index in [-0.39, 0.29) is 11.8 Å². The summed E-state index contributed by atoms with van der Waals surface area (Å²) < 4.78 is 0. The molecule has 1 aliphatic carbocycles. The normalized spacial score (nSPS) is 16.5. The third kappa shape index (κ3) is 3.09. The van der Waals surface area contributed by atoms with Gasteiger partial charge in [0.1, 0.15) is 5.82 Å². The predicted octanol–water partition coefficient (Wildman–Crippen LogP) is 3.73. The van der Waals surface area contributed by atoms with Gasteiger partial charge in [-0.2, -0.15) is 0 Å². The van der Waals surface area contributed by atoms with Gasteiger partial charge in [0.2, 0.25) is 5.91 Å². The molecular formula is C21H24N4O. The molecule has 134 valence electrons. The minimum absolute atomic E-state index is 0.135. The summed E-state index contributed by atoms with van der Waals surface area (Å²) in [6.45, 7) is 5.19. The van der Waals surface area contributed by atoms with Gasteiger partial charge >= 0.3 is 0 Å². The Morgan fingerprint density at radius 3 is 2.92 bits per heavy atom. The fraction of sp³-hybridized carbons (Fsp3) is 0.381. The Hall–Kier alpha value is -2.69. The molecule has 1 atom stereocenters. The number of nitrogens with zero attached hydrogens (tertiary/aromatic N) is 3. The first-order chi connectivity index (χ1) is 12.7. The first-order valence-electron chi connectivity index (χ1n) is 9.34. The van der Waals surface area contributed by atoms with Crippen molar-refractivity contribution in [1.29, 1.82) is 0 Å². The van der Waals surface area contributed by atoms with Gasteiger partial charge in [-0.3, -0.25) is 9.78 Å². The number of hydrogen-bond acceptors (Lipinski definition) is 3. The van der Waals surface area contributed by atoms with Crippen LogP contribution >= 0.6 is 0 Å². The fourth-order valence-corrected chi connectivity index (χ4v) is 3.86. The Morgan fingerprint density at radius 2 is 2.08 bits per heavy atom. The third-order valence-electron chi connectivity index (χ3n) is 5.18. The summed E-state index contributed by atoms with van der Waals surface area (Å²) in [6, 6.07) is 12.2. The van der Waals surface area contributed by atoms with Crippen LogP contribution in [0.2, 0.25) is 0 Å². The van der Waals surface area contributed by atoms with E-state index in [1.54, 1.807) is 0 Å².